The predicted molar refractivity (Wildman–Crippen MR) is 424 cm³/mol. The van der Waals surface area contributed by atoms with Crippen LogP contribution in [0.3, 0.4) is 0 Å². The van der Waals surface area contributed by atoms with Crippen LogP contribution in [0.2, 0.25) is 0 Å². The van der Waals surface area contributed by atoms with Crippen LogP contribution in [-0.2, 0) is 10.8 Å². The molecule has 24 rings (SSSR count). The number of fused-ring (bicyclic) bond motifs is 20. The fraction of sp³-hybridized carbons (Fsp3) is 0.0400. The molecule has 7 aliphatic rings. The molecule has 0 aliphatic heterocycles. The minimum absolute atomic E-state index is 0.0345. The number of nitrogens with zero attached hydrogens (tertiary/aromatic N) is 6. The third kappa shape index (κ3) is 8.26. The summed E-state index contributed by atoms with van der Waals surface area (Å²) in [4.78, 5) is 31.9. The van der Waals surface area contributed by atoms with Crippen LogP contribution in [0.5, 0.6) is 0 Å². The van der Waals surface area contributed by atoms with Crippen LogP contribution in [0.15, 0.2) is 352 Å². The topological polar surface area (TPSA) is 77.3 Å². The quantitative estimate of drug-likeness (QED) is 0.151. The van der Waals surface area contributed by atoms with Crippen LogP contribution < -0.4 is 0 Å². The van der Waals surface area contributed by atoms with Gasteiger partial charge >= 0.3 is 0 Å². The van der Waals surface area contributed by atoms with Gasteiger partial charge in [0.25, 0.3) is 0 Å². The van der Waals surface area contributed by atoms with Crippen molar-refractivity contribution in [1.29, 1.82) is 0 Å². The minimum atomic E-state index is -0.423. The lowest BCUT2D eigenvalue weighted by molar-refractivity contribution is 0.754. The molecule has 0 radical (unpaired) electrons. The van der Waals surface area contributed by atoms with Crippen molar-refractivity contribution in [2.24, 2.45) is 0 Å². The maximum Gasteiger partial charge on any atom is 0.164 e. The summed E-state index contributed by atoms with van der Waals surface area (Å²) in [6, 6.07) is 129. The highest BCUT2D eigenvalue weighted by atomic mass is 15.0. The zero-order valence-electron chi connectivity index (χ0n) is 57.3. The van der Waals surface area contributed by atoms with Gasteiger partial charge < -0.3 is 0 Å². The van der Waals surface area contributed by atoms with Gasteiger partial charge in [0.2, 0.25) is 0 Å². The highest BCUT2D eigenvalue weighted by molar-refractivity contribution is 5.98. The van der Waals surface area contributed by atoms with E-state index in [-0.39, 0.29) is 11.8 Å². The lowest BCUT2D eigenvalue weighted by atomic mass is 9.61. The maximum absolute atomic E-state index is 5.39. The molecule has 2 unspecified atom stereocenters. The van der Waals surface area contributed by atoms with Gasteiger partial charge in [-0.25, -0.2) is 29.9 Å². The highest BCUT2D eigenvalue weighted by Gasteiger charge is 2.53. The molecule has 490 valence electrons. The van der Waals surface area contributed by atoms with Crippen LogP contribution in [0.1, 0.15) is 89.7 Å². The second-order valence-electron chi connectivity index (χ2n) is 29.0. The van der Waals surface area contributed by atoms with Crippen molar-refractivity contribution in [2.75, 3.05) is 0 Å². The van der Waals surface area contributed by atoms with Crippen LogP contribution in [0, 0.1) is 0 Å². The van der Waals surface area contributed by atoms with Gasteiger partial charge in [-0.15, -0.1) is 0 Å². The number of benzene rings is 15. The molecule has 6 nitrogen and oxygen atoms in total. The molecule has 106 heavy (non-hydrogen) atoms. The number of rotatable bonds is 8. The van der Waals surface area contributed by atoms with Gasteiger partial charge in [0.05, 0.1) is 10.8 Å². The molecule has 2 atom stereocenters. The summed E-state index contributed by atoms with van der Waals surface area (Å²) in [6.07, 6.45) is 0. The van der Waals surface area contributed by atoms with E-state index < -0.39 is 10.8 Å². The van der Waals surface area contributed by atoms with Crippen LogP contribution >= 0.6 is 0 Å². The summed E-state index contributed by atoms with van der Waals surface area (Å²) < 4.78 is 0. The van der Waals surface area contributed by atoms with Crippen LogP contribution in [-0.4, -0.2) is 29.9 Å². The number of aromatic nitrogens is 6. The summed E-state index contributed by atoms with van der Waals surface area (Å²) >= 11 is 0. The third-order valence-electron chi connectivity index (χ3n) is 23.8. The van der Waals surface area contributed by atoms with E-state index in [1.807, 2.05) is 36.4 Å². The van der Waals surface area contributed by atoms with Crippen molar-refractivity contribution in [2.45, 2.75) is 22.7 Å². The summed E-state index contributed by atoms with van der Waals surface area (Å²) in [6.45, 7) is 0. The van der Waals surface area contributed by atoms with Gasteiger partial charge in [-0.2, -0.15) is 0 Å². The van der Waals surface area contributed by atoms with Gasteiger partial charge in [0.1, 0.15) is 0 Å². The Bertz CT molecular complexity index is 6070. The van der Waals surface area contributed by atoms with Gasteiger partial charge in [0.15, 0.2) is 34.9 Å². The van der Waals surface area contributed by atoms with Crippen molar-refractivity contribution in [1.82, 2.24) is 29.9 Å². The SMILES string of the molecule is c1ccc(-c2nc(-c3ccc(-c4ccc5c(c4)C4(c6ccccc6-c6ccccc64)c4ccccc4-5)cc3)nc(-c3ccc4c(c3)C3c5ccccc5C4c4cc(-c5nc(-c6ccccc6)nc(-c6ccc(-c7ccc8c(c7)C7(c9ccccc9-c9ccccc97)c7ccccc7-8)cc6)n5)ccc43)n2)cc1. The van der Waals surface area contributed by atoms with E-state index in [0.717, 1.165) is 55.6 Å². The zero-order valence-corrected chi connectivity index (χ0v) is 57.3. The second-order valence-corrected chi connectivity index (χ2v) is 29.0. The molecule has 15 aromatic carbocycles. The molecule has 7 aliphatic carbocycles. The average molecular weight is 1350 g/mol. The fourth-order valence-corrected chi connectivity index (χ4v) is 19.4. The molecule has 0 amide bonds. The van der Waals surface area contributed by atoms with Crippen molar-refractivity contribution >= 4 is 0 Å². The Balaban J connectivity index is 0.587. The van der Waals surface area contributed by atoms with E-state index in [0.29, 0.717) is 34.9 Å². The normalized spacial score (nSPS) is 15.1. The second kappa shape index (κ2) is 22.4. The Morgan fingerprint density at radius 3 is 0.698 bits per heavy atom. The maximum atomic E-state index is 5.39. The molecule has 2 aromatic heterocycles. The minimum Gasteiger partial charge on any atom is -0.208 e. The molecule has 0 saturated heterocycles. The first-order valence-electron chi connectivity index (χ1n) is 36.6. The third-order valence-corrected chi connectivity index (χ3v) is 23.8. The van der Waals surface area contributed by atoms with Crippen molar-refractivity contribution in [3.05, 3.63) is 430 Å². The Morgan fingerprint density at radius 1 is 0.151 bits per heavy atom. The molecular formula is C100H60N6. The average Bonchev–Trinajstić information content (AvgIpc) is 1.42. The Morgan fingerprint density at radius 2 is 0.377 bits per heavy atom. The summed E-state index contributed by atoms with van der Waals surface area (Å²) in [5.41, 5.74) is 38.0. The molecule has 2 heterocycles. The van der Waals surface area contributed by atoms with Gasteiger partial charge in [-0.05, 0) is 169 Å². The standard InChI is InChI=1S/C100H60N6/c1-3-21-61(22-4-1)93-101-95(63-43-39-59(40-44-63)65-47-51-75-73-29-13-19-37-87(73)99(89(75)57-65)83-33-15-9-25-69(83)70-26-10-16-34-84(70)99)105-97(103-93)67-49-53-79-81(55-67)91-77-31-7-8-32-78(77)92(79)82-56-68(50-54-80(82)91)98-104-94(62-23-5-2-6-24-62)102-96(106-98)64-45-41-60(42-46-64)66-48-52-76-74-30-14-20-38-88(74)100(90(76)58-66)85-35-17-11-27-71(85)72-28-12-18-36-86(72)100/h1-58,91-92H. The van der Waals surface area contributed by atoms with E-state index in [4.69, 9.17) is 29.9 Å². The largest absolute Gasteiger partial charge is 0.208 e. The van der Waals surface area contributed by atoms with E-state index in [1.165, 1.54) is 122 Å². The first-order valence-corrected chi connectivity index (χ1v) is 36.6. The molecular weight excluding hydrogens is 1290 g/mol. The smallest absolute Gasteiger partial charge is 0.164 e. The van der Waals surface area contributed by atoms with Gasteiger partial charge in [-0.1, -0.05) is 328 Å². The first-order chi connectivity index (χ1) is 52.5. The van der Waals surface area contributed by atoms with E-state index >= 15 is 0 Å². The van der Waals surface area contributed by atoms with Crippen LogP contribution in [0.25, 0.3) is 135 Å². The van der Waals surface area contributed by atoms with Crippen molar-refractivity contribution in [3.63, 3.8) is 0 Å². The highest BCUT2D eigenvalue weighted by Crippen LogP contribution is 2.65. The molecule has 6 heteroatoms. The van der Waals surface area contributed by atoms with Gasteiger partial charge in [0, 0.05) is 45.2 Å². The Hall–Kier alpha value is -13.7. The summed E-state index contributed by atoms with van der Waals surface area (Å²) in [5, 5.41) is 0. The monoisotopic (exact) mass is 1340 g/mol. The molecule has 0 N–H and O–H groups in total. The molecule has 2 spiro atoms. The first kappa shape index (κ1) is 58.9. The van der Waals surface area contributed by atoms with Crippen molar-refractivity contribution < 1.29 is 0 Å². The predicted octanol–water partition coefficient (Wildman–Crippen LogP) is 23.1. The molecule has 0 fully saturated rings. The zero-order chi connectivity index (χ0) is 69.3. The lowest BCUT2D eigenvalue weighted by Crippen LogP contribution is -2.27. The Kier molecular flexibility index (Phi) is 12.5. The number of hydrogen-bond acceptors (Lipinski definition) is 6. The van der Waals surface area contributed by atoms with Crippen molar-refractivity contribution in [3.8, 4) is 135 Å². The molecule has 17 aromatic rings. The van der Waals surface area contributed by atoms with Gasteiger partial charge in [-0.3, -0.25) is 0 Å². The number of hydrogen-bond donors (Lipinski definition) is 0. The summed E-state index contributed by atoms with van der Waals surface area (Å²) in [7, 11) is 0. The van der Waals surface area contributed by atoms with E-state index in [9.17, 15) is 0 Å². The summed E-state index contributed by atoms with van der Waals surface area (Å²) in [5.74, 6) is 3.67. The van der Waals surface area contributed by atoms with E-state index in [2.05, 4.69) is 315 Å². The van der Waals surface area contributed by atoms with Crippen LogP contribution in [0.4, 0.5) is 0 Å². The fourth-order valence-electron chi connectivity index (χ4n) is 19.4. The Labute approximate surface area is 613 Å². The lowest BCUT2D eigenvalue weighted by Gasteiger charge is -2.42. The molecule has 0 saturated carbocycles. The molecule has 2 bridgehead atoms. The van der Waals surface area contributed by atoms with E-state index in [1.54, 1.807) is 0 Å².